The Kier molecular flexibility index (Phi) is 9.06. The number of carboxylic acid groups (broad SMARTS) is 1. The standard InChI is InChI=1S/C34H27ClF3N3O3/c1-22-2-16-29(30(35)18-22)31-21-41(20-24-3-10-26(11-4-24)39-19-33(42)43)32(40-31)17-7-23-5-12-27(13-6-23)44-28-14-8-25(9-15-28)34(36,37)38/h2-18,21,39H,19-20H2,1H3,(H,42,43)/b17-7+. The van der Waals surface area contributed by atoms with Crippen LogP contribution in [0.5, 0.6) is 11.5 Å². The maximum atomic E-state index is 12.8. The fourth-order valence-electron chi connectivity index (χ4n) is 4.42. The zero-order valence-electron chi connectivity index (χ0n) is 23.5. The van der Waals surface area contributed by atoms with Crippen LogP contribution < -0.4 is 10.1 Å². The van der Waals surface area contributed by atoms with Gasteiger partial charge in [0, 0.05) is 24.0 Å². The number of aromatic nitrogens is 2. The number of hydrogen-bond acceptors (Lipinski definition) is 4. The molecule has 0 atom stereocenters. The molecule has 1 aromatic heterocycles. The van der Waals surface area contributed by atoms with E-state index in [9.17, 15) is 18.0 Å². The molecule has 6 nitrogen and oxygen atoms in total. The van der Waals surface area contributed by atoms with E-state index in [1.807, 2.05) is 84.4 Å². The van der Waals surface area contributed by atoms with Gasteiger partial charge in [0.05, 0.1) is 16.3 Å². The van der Waals surface area contributed by atoms with Gasteiger partial charge in [-0.2, -0.15) is 13.2 Å². The fraction of sp³-hybridized carbons (Fsp3) is 0.118. The van der Waals surface area contributed by atoms with E-state index in [-0.39, 0.29) is 6.54 Å². The lowest BCUT2D eigenvalue weighted by molar-refractivity contribution is -0.137. The minimum absolute atomic E-state index is 0.168. The minimum Gasteiger partial charge on any atom is -0.480 e. The van der Waals surface area contributed by atoms with Gasteiger partial charge in [0.1, 0.15) is 23.9 Å². The van der Waals surface area contributed by atoms with Crippen LogP contribution in [0.1, 0.15) is 28.1 Å². The summed E-state index contributed by atoms with van der Waals surface area (Å²) in [6.45, 7) is 2.31. The predicted octanol–water partition coefficient (Wildman–Crippen LogP) is 9.04. The summed E-state index contributed by atoms with van der Waals surface area (Å²) in [7, 11) is 0. The first kappa shape index (κ1) is 30.4. The van der Waals surface area contributed by atoms with Gasteiger partial charge in [-0.1, -0.05) is 54.1 Å². The second kappa shape index (κ2) is 13.1. The third-order valence-corrected chi connectivity index (χ3v) is 6.99. The zero-order valence-corrected chi connectivity index (χ0v) is 24.2. The molecule has 0 fully saturated rings. The molecule has 10 heteroatoms. The van der Waals surface area contributed by atoms with Crippen LogP contribution in [-0.4, -0.2) is 27.2 Å². The van der Waals surface area contributed by atoms with Crippen LogP contribution in [0.25, 0.3) is 23.4 Å². The van der Waals surface area contributed by atoms with Crippen LogP contribution in [0.15, 0.2) is 97.2 Å². The lowest BCUT2D eigenvalue weighted by Gasteiger charge is -2.09. The van der Waals surface area contributed by atoms with E-state index < -0.39 is 17.7 Å². The summed E-state index contributed by atoms with van der Waals surface area (Å²) in [4.78, 5) is 15.7. The van der Waals surface area contributed by atoms with E-state index in [0.29, 0.717) is 34.6 Å². The Hall–Kier alpha value is -5.02. The number of aliphatic carboxylic acids is 1. The normalized spacial score (nSPS) is 11.6. The van der Waals surface area contributed by atoms with Crippen LogP contribution in [-0.2, 0) is 17.5 Å². The average Bonchev–Trinajstić information content (AvgIpc) is 3.38. The number of aryl methyl sites for hydroxylation is 1. The average molecular weight is 618 g/mol. The van der Waals surface area contributed by atoms with E-state index in [0.717, 1.165) is 40.1 Å². The number of benzene rings is 4. The van der Waals surface area contributed by atoms with Gasteiger partial charge in [-0.25, -0.2) is 4.98 Å². The quantitative estimate of drug-likeness (QED) is 0.163. The number of anilines is 1. The molecule has 5 rings (SSSR count). The number of halogens is 4. The van der Waals surface area contributed by atoms with Crippen molar-refractivity contribution in [1.29, 1.82) is 0 Å². The van der Waals surface area contributed by atoms with Crippen LogP contribution >= 0.6 is 11.6 Å². The predicted molar refractivity (Wildman–Crippen MR) is 166 cm³/mol. The number of rotatable bonds is 10. The fourth-order valence-corrected chi connectivity index (χ4v) is 4.75. The molecule has 0 unspecified atom stereocenters. The summed E-state index contributed by atoms with van der Waals surface area (Å²) in [5.74, 6) is 0.541. The van der Waals surface area contributed by atoms with Gasteiger partial charge >= 0.3 is 12.1 Å². The molecular weight excluding hydrogens is 591 g/mol. The Morgan fingerprint density at radius 2 is 1.61 bits per heavy atom. The molecule has 224 valence electrons. The number of nitrogens with zero attached hydrogens (tertiary/aromatic N) is 2. The summed E-state index contributed by atoms with van der Waals surface area (Å²) in [5, 5.41) is 12.3. The van der Waals surface area contributed by atoms with Gasteiger partial charge < -0.3 is 19.7 Å². The Labute approximate surface area is 257 Å². The maximum absolute atomic E-state index is 12.8. The Morgan fingerprint density at radius 1 is 0.955 bits per heavy atom. The van der Waals surface area contributed by atoms with Gasteiger partial charge in [0.15, 0.2) is 0 Å². The van der Waals surface area contributed by atoms with E-state index in [1.54, 1.807) is 12.1 Å². The summed E-state index contributed by atoms with van der Waals surface area (Å²) in [6.07, 6.45) is 1.33. The first-order chi connectivity index (χ1) is 21.0. The molecule has 0 amide bonds. The summed E-state index contributed by atoms with van der Waals surface area (Å²) in [5.41, 5.74) is 4.40. The maximum Gasteiger partial charge on any atom is 0.416 e. The smallest absolute Gasteiger partial charge is 0.416 e. The molecule has 5 aromatic rings. The molecule has 0 aliphatic heterocycles. The highest BCUT2D eigenvalue weighted by Gasteiger charge is 2.30. The third kappa shape index (κ3) is 7.87. The van der Waals surface area contributed by atoms with Gasteiger partial charge in [-0.15, -0.1) is 0 Å². The highest BCUT2D eigenvalue weighted by Crippen LogP contribution is 2.32. The monoisotopic (exact) mass is 617 g/mol. The minimum atomic E-state index is -4.40. The highest BCUT2D eigenvalue weighted by atomic mass is 35.5. The van der Waals surface area contributed by atoms with Crippen molar-refractivity contribution in [3.63, 3.8) is 0 Å². The number of alkyl halides is 3. The number of hydrogen-bond donors (Lipinski definition) is 2. The molecule has 4 aromatic carbocycles. The summed E-state index contributed by atoms with van der Waals surface area (Å²) < 4.78 is 46.2. The third-order valence-electron chi connectivity index (χ3n) is 6.68. The second-order valence-electron chi connectivity index (χ2n) is 10.1. The van der Waals surface area contributed by atoms with Gasteiger partial charge in [0.25, 0.3) is 0 Å². The van der Waals surface area contributed by atoms with Gasteiger partial charge in [0.2, 0.25) is 0 Å². The number of nitrogens with one attached hydrogen (secondary N) is 1. The topological polar surface area (TPSA) is 76.4 Å². The highest BCUT2D eigenvalue weighted by molar-refractivity contribution is 6.33. The van der Waals surface area contributed by atoms with Gasteiger partial charge in [-0.3, -0.25) is 4.79 Å². The second-order valence-corrected chi connectivity index (χ2v) is 10.5. The number of carboxylic acids is 1. The van der Waals surface area contributed by atoms with E-state index >= 15 is 0 Å². The van der Waals surface area contributed by atoms with Crippen molar-refractivity contribution in [3.05, 3.63) is 130 Å². The number of imidazole rings is 1. The molecule has 0 bridgehead atoms. The summed E-state index contributed by atoms with van der Waals surface area (Å²) >= 11 is 6.55. The molecule has 44 heavy (non-hydrogen) atoms. The lowest BCUT2D eigenvalue weighted by atomic mass is 10.1. The van der Waals surface area contributed by atoms with Crippen molar-refractivity contribution < 1.29 is 27.8 Å². The van der Waals surface area contributed by atoms with Crippen molar-refractivity contribution in [2.45, 2.75) is 19.6 Å². The number of ether oxygens (including phenoxy) is 1. The van der Waals surface area contributed by atoms with Crippen molar-refractivity contribution in [3.8, 4) is 22.8 Å². The van der Waals surface area contributed by atoms with Crippen molar-refractivity contribution in [1.82, 2.24) is 9.55 Å². The van der Waals surface area contributed by atoms with E-state index in [4.69, 9.17) is 26.4 Å². The molecule has 0 saturated carbocycles. The lowest BCUT2D eigenvalue weighted by Crippen LogP contribution is -2.12. The summed E-state index contributed by atoms with van der Waals surface area (Å²) in [6, 6.07) is 25.0. The molecule has 0 saturated heterocycles. The Bertz CT molecular complexity index is 1780. The molecule has 0 spiro atoms. The SMILES string of the molecule is Cc1ccc(-c2cn(Cc3ccc(NCC(=O)O)cc3)c(/C=C/c3ccc(Oc4ccc(C(F)(F)F)cc4)cc3)n2)c(Cl)c1. The Morgan fingerprint density at radius 3 is 2.23 bits per heavy atom. The Balaban J connectivity index is 1.35. The zero-order chi connectivity index (χ0) is 31.3. The van der Waals surface area contributed by atoms with Crippen LogP contribution in [0.2, 0.25) is 5.02 Å². The van der Waals surface area contributed by atoms with Crippen molar-refractivity contribution in [2.24, 2.45) is 0 Å². The molecule has 2 N–H and O–H groups in total. The van der Waals surface area contributed by atoms with Crippen LogP contribution in [0.3, 0.4) is 0 Å². The van der Waals surface area contributed by atoms with Crippen molar-refractivity contribution >= 4 is 35.4 Å². The first-order valence-electron chi connectivity index (χ1n) is 13.5. The van der Waals surface area contributed by atoms with Crippen LogP contribution in [0, 0.1) is 6.92 Å². The first-order valence-corrected chi connectivity index (χ1v) is 13.9. The molecule has 0 aliphatic rings. The van der Waals surface area contributed by atoms with Crippen molar-refractivity contribution in [2.75, 3.05) is 11.9 Å². The molecular formula is C34H27ClF3N3O3. The van der Waals surface area contributed by atoms with E-state index in [2.05, 4.69) is 5.32 Å². The largest absolute Gasteiger partial charge is 0.480 e. The molecule has 0 radical (unpaired) electrons. The van der Waals surface area contributed by atoms with E-state index in [1.165, 1.54) is 12.1 Å². The van der Waals surface area contributed by atoms with Crippen LogP contribution in [0.4, 0.5) is 18.9 Å². The molecule has 0 aliphatic carbocycles. The van der Waals surface area contributed by atoms with Gasteiger partial charge in [-0.05, 0) is 84.3 Å². The molecule has 1 heterocycles. The number of carbonyl (C=O) groups is 1.